The van der Waals surface area contributed by atoms with Crippen molar-refractivity contribution in [2.45, 2.75) is 6.43 Å². The number of halogens is 2. The summed E-state index contributed by atoms with van der Waals surface area (Å²) >= 11 is 0. The van der Waals surface area contributed by atoms with Crippen molar-refractivity contribution >= 4 is 0 Å². The van der Waals surface area contributed by atoms with Crippen LogP contribution in [0.3, 0.4) is 0 Å². The minimum absolute atomic E-state index is 0. The van der Waals surface area contributed by atoms with Gasteiger partial charge in [-0.1, -0.05) is 5.56 Å². The monoisotopic (exact) mass is 216 g/mol. The molecule has 0 amide bonds. The van der Waals surface area contributed by atoms with Crippen LogP contribution in [0.5, 0.6) is 0 Å². The van der Waals surface area contributed by atoms with Gasteiger partial charge in [0.1, 0.15) is 0 Å². The molecule has 0 saturated heterocycles. The molecule has 10 heavy (non-hydrogen) atoms. The van der Waals surface area contributed by atoms with Crippen LogP contribution in [-0.4, -0.2) is 0 Å². The Hall–Kier alpha value is 0.184. The molecule has 0 unspecified atom stereocenters. The summed E-state index contributed by atoms with van der Waals surface area (Å²) in [5, 5.41) is 0. The zero-order valence-electron chi connectivity index (χ0n) is 5.22. The summed E-state index contributed by atoms with van der Waals surface area (Å²) in [5.41, 5.74) is 0.0498. The first kappa shape index (κ1) is 10.2. The Labute approximate surface area is 83.5 Å². The number of benzene rings is 1. The first-order chi connectivity index (χ1) is 4.30. The second-order valence-electron chi connectivity index (χ2n) is 1.63. The molecular formula is C7H5F2Y-. The molecule has 0 N–H and O–H groups in total. The Bertz CT molecular complexity index is 174. The van der Waals surface area contributed by atoms with E-state index in [4.69, 9.17) is 0 Å². The topological polar surface area (TPSA) is 0 Å². The van der Waals surface area contributed by atoms with Crippen molar-refractivity contribution in [2.75, 3.05) is 0 Å². The minimum atomic E-state index is -2.36. The van der Waals surface area contributed by atoms with Crippen molar-refractivity contribution in [3.8, 4) is 0 Å². The van der Waals surface area contributed by atoms with Crippen molar-refractivity contribution < 1.29 is 41.5 Å². The molecular weight excluding hydrogens is 211 g/mol. The average Bonchev–Trinajstić information content (AvgIpc) is 1.90. The molecule has 0 atom stereocenters. The van der Waals surface area contributed by atoms with Gasteiger partial charge < -0.3 is 0 Å². The van der Waals surface area contributed by atoms with E-state index in [0.717, 1.165) is 0 Å². The van der Waals surface area contributed by atoms with Crippen LogP contribution in [0.4, 0.5) is 8.78 Å². The summed E-state index contributed by atoms with van der Waals surface area (Å²) in [5.74, 6) is 0. The summed E-state index contributed by atoms with van der Waals surface area (Å²) < 4.78 is 23.5. The van der Waals surface area contributed by atoms with E-state index in [0.29, 0.717) is 0 Å². The van der Waals surface area contributed by atoms with E-state index in [1.807, 2.05) is 0 Å². The van der Waals surface area contributed by atoms with Crippen LogP contribution >= 0.6 is 0 Å². The van der Waals surface area contributed by atoms with E-state index in [1.165, 1.54) is 24.3 Å². The second-order valence-corrected chi connectivity index (χ2v) is 1.63. The molecule has 1 rings (SSSR count). The van der Waals surface area contributed by atoms with Gasteiger partial charge >= 0.3 is 0 Å². The molecule has 0 bridgehead atoms. The van der Waals surface area contributed by atoms with E-state index >= 15 is 0 Å². The van der Waals surface area contributed by atoms with Gasteiger partial charge in [0.05, 0.1) is 0 Å². The van der Waals surface area contributed by atoms with Gasteiger partial charge in [0, 0.05) is 32.7 Å². The van der Waals surface area contributed by atoms with Crippen LogP contribution in [-0.2, 0) is 32.7 Å². The quantitative estimate of drug-likeness (QED) is 0.632. The summed E-state index contributed by atoms with van der Waals surface area (Å²) in [6, 6.07) is 8.31. The fourth-order valence-corrected chi connectivity index (χ4v) is 0.545. The fourth-order valence-electron chi connectivity index (χ4n) is 0.545. The molecule has 0 spiro atoms. The van der Waals surface area contributed by atoms with Gasteiger partial charge in [0.25, 0.3) is 0 Å². The fraction of sp³-hybridized carbons (Fsp3) is 0.143. The normalized spacial score (nSPS) is 9.10. The van der Waals surface area contributed by atoms with Gasteiger partial charge in [0.2, 0.25) is 6.43 Å². The molecule has 51 valence electrons. The van der Waals surface area contributed by atoms with Gasteiger partial charge in [0.15, 0.2) is 0 Å². The smallest absolute Gasteiger partial charge is 0.207 e. The van der Waals surface area contributed by atoms with E-state index in [2.05, 4.69) is 6.07 Å². The maximum atomic E-state index is 11.8. The van der Waals surface area contributed by atoms with Crippen LogP contribution in [0.15, 0.2) is 24.3 Å². The van der Waals surface area contributed by atoms with Crippen molar-refractivity contribution in [2.24, 2.45) is 0 Å². The largest absolute Gasteiger partial charge is 0.242 e. The van der Waals surface area contributed by atoms with E-state index in [9.17, 15) is 8.78 Å². The molecule has 0 aliphatic heterocycles. The molecule has 0 fully saturated rings. The Morgan fingerprint density at radius 3 is 2.00 bits per heavy atom. The first-order valence-electron chi connectivity index (χ1n) is 2.55. The van der Waals surface area contributed by atoms with Crippen molar-refractivity contribution in [3.05, 3.63) is 35.9 Å². The minimum Gasteiger partial charge on any atom is -0.207 e. The van der Waals surface area contributed by atoms with Crippen LogP contribution in [0.1, 0.15) is 12.0 Å². The van der Waals surface area contributed by atoms with Crippen molar-refractivity contribution in [1.29, 1.82) is 0 Å². The molecule has 0 aliphatic carbocycles. The van der Waals surface area contributed by atoms with Gasteiger partial charge in [-0.25, -0.2) is 8.78 Å². The van der Waals surface area contributed by atoms with Crippen LogP contribution in [0.25, 0.3) is 0 Å². The van der Waals surface area contributed by atoms with Gasteiger partial charge in [-0.3, -0.25) is 0 Å². The molecule has 3 heteroatoms. The van der Waals surface area contributed by atoms with E-state index in [1.54, 1.807) is 0 Å². The maximum absolute atomic E-state index is 11.8. The van der Waals surface area contributed by atoms with Gasteiger partial charge in [-0.2, -0.15) is 30.3 Å². The third-order valence-electron chi connectivity index (χ3n) is 0.996. The van der Waals surface area contributed by atoms with Gasteiger partial charge in [-0.15, -0.1) is 0 Å². The molecule has 1 aromatic carbocycles. The SMILES string of the molecule is FC(F)c1cc[c-]cc1.[Y]. The predicted octanol–water partition coefficient (Wildman–Crippen LogP) is 2.42. The third-order valence-corrected chi connectivity index (χ3v) is 0.996. The zero-order valence-corrected chi connectivity index (χ0v) is 8.06. The molecule has 0 saturated carbocycles. The van der Waals surface area contributed by atoms with Crippen LogP contribution < -0.4 is 0 Å². The van der Waals surface area contributed by atoms with E-state index in [-0.39, 0.29) is 38.3 Å². The standard InChI is InChI=1S/C7H5F2.Y/c8-7(9)6-4-2-1-3-5-6;/h2-5,7H;/q-1;. The molecule has 1 aromatic rings. The Balaban J connectivity index is 0.000000810. The summed E-state index contributed by atoms with van der Waals surface area (Å²) in [4.78, 5) is 0. The summed E-state index contributed by atoms with van der Waals surface area (Å²) in [6.07, 6.45) is -2.36. The number of rotatable bonds is 1. The summed E-state index contributed by atoms with van der Waals surface area (Å²) in [7, 11) is 0. The number of hydrogen-bond donors (Lipinski definition) is 0. The Morgan fingerprint density at radius 1 is 1.20 bits per heavy atom. The second kappa shape index (κ2) is 4.92. The first-order valence-corrected chi connectivity index (χ1v) is 2.55. The molecule has 0 aliphatic rings. The van der Waals surface area contributed by atoms with Crippen molar-refractivity contribution in [3.63, 3.8) is 0 Å². The average molecular weight is 216 g/mol. The third kappa shape index (κ3) is 2.85. The molecule has 0 heterocycles. The molecule has 0 nitrogen and oxygen atoms in total. The zero-order chi connectivity index (χ0) is 6.69. The van der Waals surface area contributed by atoms with Crippen LogP contribution in [0.2, 0.25) is 0 Å². The summed E-state index contributed by atoms with van der Waals surface area (Å²) in [6.45, 7) is 0. The van der Waals surface area contributed by atoms with Gasteiger partial charge in [-0.05, 0) is 0 Å². The Morgan fingerprint density at radius 2 is 1.70 bits per heavy atom. The number of alkyl halides is 2. The van der Waals surface area contributed by atoms with E-state index < -0.39 is 6.43 Å². The van der Waals surface area contributed by atoms with Crippen molar-refractivity contribution in [1.82, 2.24) is 0 Å². The Kier molecular flexibility index (Phi) is 5.01. The molecule has 1 radical (unpaired) electrons. The van der Waals surface area contributed by atoms with Crippen LogP contribution in [0, 0.1) is 6.07 Å². The molecule has 0 aromatic heterocycles. The maximum Gasteiger partial charge on any atom is 0.242 e. The number of hydrogen-bond acceptors (Lipinski definition) is 0. The predicted molar refractivity (Wildman–Crippen MR) is 30.2 cm³/mol.